The van der Waals surface area contributed by atoms with E-state index in [0.717, 1.165) is 24.3 Å². The summed E-state index contributed by atoms with van der Waals surface area (Å²) in [6, 6.07) is 6.11. The monoisotopic (exact) mass is 596 g/mol. The van der Waals surface area contributed by atoms with E-state index in [2.05, 4.69) is 10.6 Å². The maximum atomic E-state index is 12.8. The van der Waals surface area contributed by atoms with E-state index in [-0.39, 0.29) is 13.2 Å². The van der Waals surface area contributed by atoms with Crippen molar-refractivity contribution < 1.29 is 44.3 Å². The molecular weight excluding hydrogens is 552 g/mol. The summed E-state index contributed by atoms with van der Waals surface area (Å²) >= 11 is 1.66. The van der Waals surface area contributed by atoms with Crippen molar-refractivity contribution in [3.05, 3.63) is 35.4 Å². The molecule has 0 radical (unpaired) electrons. The second-order valence-corrected chi connectivity index (χ2v) is 12.2. The highest BCUT2D eigenvalue weighted by Crippen LogP contribution is 2.34. The number of amides is 2. The van der Waals surface area contributed by atoms with Gasteiger partial charge in [0.25, 0.3) is 11.7 Å². The van der Waals surface area contributed by atoms with Gasteiger partial charge in [0.05, 0.1) is 24.9 Å². The van der Waals surface area contributed by atoms with Crippen molar-refractivity contribution in [1.29, 1.82) is 0 Å². The number of ether oxygens (including phenoxy) is 2. The van der Waals surface area contributed by atoms with Crippen molar-refractivity contribution in [2.24, 2.45) is 0 Å². The number of carbonyl (C=O) groups is 3. The van der Waals surface area contributed by atoms with Crippen LogP contribution in [0.1, 0.15) is 80.6 Å². The summed E-state index contributed by atoms with van der Waals surface area (Å²) in [4.78, 5) is 36.8. The molecule has 1 heterocycles. The second-order valence-electron chi connectivity index (χ2n) is 10.8. The van der Waals surface area contributed by atoms with Gasteiger partial charge in [0.15, 0.2) is 0 Å². The molecule has 230 valence electrons. The highest BCUT2D eigenvalue weighted by molar-refractivity contribution is 7.99. The Balaban J connectivity index is 1.66. The van der Waals surface area contributed by atoms with Crippen molar-refractivity contribution in [3.63, 3.8) is 0 Å². The van der Waals surface area contributed by atoms with Gasteiger partial charge < -0.3 is 40.5 Å². The molecule has 1 aromatic carbocycles. The van der Waals surface area contributed by atoms with Gasteiger partial charge in [-0.25, -0.2) is 4.79 Å². The van der Waals surface area contributed by atoms with Crippen LogP contribution >= 0.6 is 11.8 Å². The predicted molar refractivity (Wildman–Crippen MR) is 154 cm³/mol. The van der Waals surface area contributed by atoms with Crippen molar-refractivity contribution in [2.45, 2.75) is 101 Å². The molecule has 1 aliphatic heterocycles. The first-order valence-electron chi connectivity index (χ1n) is 14.4. The van der Waals surface area contributed by atoms with Crippen LogP contribution in [0.25, 0.3) is 0 Å². The Morgan fingerprint density at radius 3 is 2.44 bits per heavy atom. The van der Waals surface area contributed by atoms with E-state index in [1.807, 2.05) is 19.1 Å². The van der Waals surface area contributed by atoms with E-state index in [0.29, 0.717) is 17.9 Å². The minimum absolute atomic E-state index is 0.0256. The lowest BCUT2D eigenvalue weighted by Gasteiger charge is -2.46. The molecular formula is C29H44N2O9S. The fraction of sp³-hybridized carbons (Fsp3) is 0.690. The molecule has 41 heavy (non-hydrogen) atoms. The first-order valence-corrected chi connectivity index (χ1v) is 15.6. The van der Waals surface area contributed by atoms with Crippen molar-refractivity contribution >= 4 is 29.5 Å². The van der Waals surface area contributed by atoms with Gasteiger partial charge in [-0.2, -0.15) is 11.8 Å². The number of rotatable bonds is 14. The molecule has 2 amide bonds. The van der Waals surface area contributed by atoms with Crippen molar-refractivity contribution in [2.75, 3.05) is 24.7 Å². The summed E-state index contributed by atoms with van der Waals surface area (Å²) in [6.45, 7) is 2.84. The number of hydrogen-bond acceptors (Lipinski definition) is 9. The van der Waals surface area contributed by atoms with E-state index in [1.165, 1.54) is 31.7 Å². The molecule has 3 rings (SSSR count). The maximum Gasteiger partial charge on any atom is 0.364 e. The lowest BCUT2D eigenvalue weighted by Crippen LogP contribution is -2.68. The quantitative estimate of drug-likeness (QED) is 0.174. The number of carboxylic acid groups (broad SMARTS) is 1. The standard InChI is InChI=1S/C29H44N2O9S/c1-3-41-15-7-14-39-29(28(37)38)16-22(33)24(31-18(2)32)26(40-29)25(35)23(34)17-30-27(36)21-12-10-20(11-13-21)19-8-5-4-6-9-19/h10-13,19,22-26,33-35H,3-9,14-17H2,1-2H3,(H,30,36)(H,31,32)(H,37,38)/t22?,23-,24-,25-,26-,29-/m1/s1. The molecule has 2 aliphatic rings. The third kappa shape index (κ3) is 9.13. The molecule has 1 unspecified atom stereocenters. The van der Waals surface area contributed by atoms with Crippen LogP contribution in [0.4, 0.5) is 0 Å². The number of aliphatic carboxylic acids is 1. The van der Waals surface area contributed by atoms with Crippen molar-refractivity contribution in [1.82, 2.24) is 10.6 Å². The first kappa shape index (κ1) is 33.3. The van der Waals surface area contributed by atoms with E-state index < -0.39 is 60.4 Å². The van der Waals surface area contributed by atoms with Crippen LogP contribution in [0, 0.1) is 0 Å². The minimum Gasteiger partial charge on any atom is -0.477 e. The Morgan fingerprint density at radius 2 is 1.83 bits per heavy atom. The molecule has 0 bridgehead atoms. The largest absolute Gasteiger partial charge is 0.477 e. The zero-order valence-electron chi connectivity index (χ0n) is 23.8. The van der Waals surface area contributed by atoms with E-state index in [9.17, 15) is 34.8 Å². The Hall–Kier alpha value is -2.22. The summed E-state index contributed by atoms with van der Waals surface area (Å²) in [6.07, 6.45) is -0.434. The van der Waals surface area contributed by atoms with E-state index in [4.69, 9.17) is 9.47 Å². The molecule has 11 nitrogen and oxygen atoms in total. The second kappa shape index (κ2) is 15.9. The number of thioether (sulfide) groups is 1. The molecule has 1 saturated heterocycles. The minimum atomic E-state index is -2.29. The highest BCUT2D eigenvalue weighted by atomic mass is 32.2. The Morgan fingerprint density at radius 1 is 1.15 bits per heavy atom. The van der Waals surface area contributed by atoms with Gasteiger partial charge in [-0.05, 0) is 54.4 Å². The number of nitrogens with one attached hydrogen (secondary N) is 2. The number of benzene rings is 1. The molecule has 12 heteroatoms. The lowest BCUT2D eigenvalue weighted by molar-refractivity contribution is -0.310. The first-order chi connectivity index (χ1) is 19.6. The number of carbonyl (C=O) groups excluding carboxylic acids is 2. The molecule has 6 atom stereocenters. The average Bonchev–Trinajstić information content (AvgIpc) is 2.96. The third-order valence-corrected chi connectivity index (χ3v) is 8.68. The summed E-state index contributed by atoms with van der Waals surface area (Å²) in [5.74, 6) is -2.67. The third-order valence-electron chi connectivity index (χ3n) is 7.69. The fourth-order valence-corrected chi connectivity index (χ4v) is 6.08. The zero-order valence-corrected chi connectivity index (χ0v) is 24.6. The fourth-order valence-electron chi connectivity index (χ4n) is 5.47. The molecule has 0 spiro atoms. The number of aliphatic hydroxyl groups excluding tert-OH is 3. The number of aliphatic hydroxyl groups is 3. The average molecular weight is 597 g/mol. The summed E-state index contributed by atoms with van der Waals surface area (Å²) in [5, 5.41) is 47.6. The van der Waals surface area contributed by atoms with Crippen LogP contribution in [0.15, 0.2) is 24.3 Å². The van der Waals surface area contributed by atoms with Crippen LogP contribution in [-0.4, -0.2) is 99.1 Å². The highest BCUT2D eigenvalue weighted by Gasteiger charge is 2.55. The van der Waals surface area contributed by atoms with Crippen LogP contribution in [-0.2, 0) is 19.1 Å². The maximum absolute atomic E-state index is 12.8. The van der Waals surface area contributed by atoms with Crippen LogP contribution in [0.3, 0.4) is 0 Å². The molecule has 1 aliphatic carbocycles. The van der Waals surface area contributed by atoms with Gasteiger partial charge in [-0.3, -0.25) is 9.59 Å². The van der Waals surface area contributed by atoms with Crippen LogP contribution in [0.2, 0.25) is 0 Å². The van der Waals surface area contributed by atoms with Crippen LogP contribution < -0.4 is 10.6 Å². The van der Waals surface area contributed by atoms with Gasteiger partial charge in [0.2, 0.25) is 5.91 Å². The Kier molecular flexibility index (Phi) is 12.9. The zero-order chi connectivity index (χ0) is 30.0. The number of hydrogen-bond donors (Lipinski definition) is 6. The Labute approximate surface area is 245 Å². The lowest BCUT2D eigenvalue weighted by atomic mass is 9.84. The smallest absolute Gasteiger partial charge is 0.364 e. The Bertz CT molecular complexity index is 1000. The van der Waals surface area contributed by atoms with Gasteiger partial charge >= 0.3 is 5.97 Å². The van der Waals surface area contributed by atoms with E-state index >= 15 is 0 Å². The summed E-state index contributed by atoms with van der Waals surface area (Å²) in [5.41, 5.74) is 1.59. The molecule has 6 N–H and O–H groups in total. The van der Waals surface area contributed by atoms with Gasteiger partial charge in [-0.1, -0.05) is 38.3 Å². The molecule has 1 aromatic rings. The topological polar surface area (TPSA) is 175 Å². The van der Waals surface area contributed by atoms with E-state index in [1.54, 1.807) is 23.9 Å². The predicted octanol–water partition coefficient (Wildman–Crippen LogP) is 1.78. The molecule has 1 saturated carbocycles. The van der Waals surface area contributed by atoms with Gasteiger partial charge in [0, 0.05) is 25.5 Å². The molecule has 0 aromatic heterocycles. The molecule has 2 fully saturated rings. The van der Waals surface area contributed by atoms with Gasteiger partial charge in [0.1, 0.15) is 12.2 Å². The van der Waals surface area contributed by atoms with Crippen LogP contribution in [0.5, 0.6) is 0 Å². The normalized spacial score (nSPS) is 26.6. The summed E-state index contributed by atoms with van der Waals surface area (Å²) in [7, 11) is 0. The summed E-state index contributed by atoms with van der Waals surface area (Å²) < 4.78 is 11.3. The number of carboxylic acids is 1. The SMILES string of the molecule is CCSCCCO[C@]1(C(=O)O)CC(O)[C@@H](NC(C)=O)[C@H]([C@H](O)[C@H](O)CNC(=O)c2ccc(C3CCCCC3)cc2)O1. The van der Waals surface area contributed by atoms with Gasteiger partial charge in [-0.15, -0.1) is 0 Å². The van der Waals surface area contributed by atoms with Crippen molar-refractivity contribution in [3.8, 4) is 0 Å².